The van der Waals surface area contributed by atoms with E-state index in [-0.39, 0.29) is 12.1 Å². The lowest BCUT2D eigenvalue weighted by atomic mass is 10.2. The number of nitrogens with two attached hydrogens (primary N) is 1. The average Bonchev–Trinajstić information content (AvgIpc) is 2.40. The number of hydrogen-bond acceptors (Lipinski definition) is 3. The van der Waals surface area contributed by atoms with E-state index in [0.717, 1.165) is 0 Å². The van der Waals surface area contributed by atoms with Crippen molar-refractivity contribution in [1.29, 1.82) is 0 Å². The predicted octanol–water partition coefficient (Wildman–Crippen LogP) is -0.0481. The lowest BCUT2D eigenvalue weighted by Crippen LogP contribution is -2.39. The van der Waals surface area contributed by atoms with Gasteiger partial charge in [0, 0.05) is 6.54 Å². The van der Waals surface area contributed by atoms with Gasteiger partial charge in [-0.15, -0.1) is 6.58 Å². The molecule has 1 amide bonds. The minimum Gasteiger partial charge on any atom is -0.448 e. The number of ether oxygens (including phenoxy) is 1. The molecule has 1 aliphatic heterocycles. The summed E-state index contributed by atoms with van der Waals surface area (Å²) in [5.41, 5.74) is 5.40. The molecule has 0 aliphatic carbocycles. The first-order chi connectivity index (χ1) is 5.29. The predicted molar refractivity (Wildman–Crippen MR) is 41.1 cm³/mol. The summed E-state index contributed by atoms with van der Waals surface area (Å²) in [6.07, 6.45) is 1.37. The van der Waals surface area contributed by atoms with Gasteiger partial charge >= 0.3 is 6.09 Å². The van der Waals surface area contributed by atoms with Crippen LogP contribution < -0.4 is 5.73 Å². The third-order valence-corrected chi connectivity index (χ3v) is 1.71. The van der Waals surface area contributed by atoms with Crippen molar-refractivity contribution in [2.24, 2.45) is 5.73 Å². The molecule has 0 spiro atoms. The van der Waals surface area contributed by atoms with Crippen molar-refractivity contribution in [2.75, 3.05) is 19.7 Å². The molecule has 0 aromatic rings. The molecule has 1 heterocycles. The summed E-state index contributed by atoms with van der Waals surface area (Å²) in [6, 6.07) is -0.0787. The second kappa shape index (κ2) is 3.39. The highest BCUT2D eigenvalue weighted by atomic mass is 16.6. The lowest BCUT2D eigenvalue weighted by molar-refractivity contribution is 0.153. The number of cyclic esters (lactones) is 1. The molecule has 0 radical (unpaired) electrons. The summed E-state index contributed by atoms with van der Waals surface area (Å²) < 4.78 is 4.73. The molecule has 1 aliphatic rings. The number of carbonyl (C=O) groups excluding carboxylic acids is 1. The topological polar surface area (TPSA) is 55.6 Å². The first-order valence-corrected chi connectivity index (χ1v) is 3.55. The van der Waals surface area contributed by atoms with Gasteiger partial charge in [0.2, 0.25) is 0 Å². The Hall–Kier alpha value is -1.03. The number of carbonyl (C=O) groups is 1. The summed E-state index contributed by atoms with van der Waals surface area (Å²) in [7, 11) is 0. The Morgan fingerprint density at radius 3 is 3.00 bits per heavy atom. The third kappa shape index (κ3) is 1.51. The Bertz CT molecular complexity index is 170. The van der Waals surface area contributed by atoms with E-state index in [1.54, 1.807) is 11.0 Å². The smallest absolute Gasteiger partial charge is 0.410 e. The number of hydrogen-bond donors (Lipinski definition) is 1. The van der Waals surface area contributed by atoms with Crippen LogP contribution in [0.3, 0.4) is 0 Å². The van der Waals surface area contributed by atoms with Crippen LogP contribution in [0.15, 0.2) is 12.7 Å². The van der Waals surface area contributed by atoms with E-state index in [1.165, 1.54) is 0 Å². The Kier molecular flexibility index (Phi) is 2.48. The van der Waals surface area contributed by atoms with E-state index < -0.39 is 0 Å². The molecule has 4 heteroatoms. The fourth-order valence-corrected chi connectivity index (χ4v) is 1.06. The first-order valence-electron chi connectivity index (χ1n) is 3.55. The second-order valence-electron chi connectivity index (χ2n) is 2.35. The van der Waals surface area contributed by atoms with Gasteiger partial charge in [-0.3, -0.25) is 4.90 Å². The van der Waals surface area contributed by atoms with Crippen LogP contribution in [0.25, 0.3) is 0 Å². The third-order valence-electron chi connectivity index (χ3n) is 1.71. The van der Waals surface area contributed by atoms with Crippen molar-refractivity contribution in [2.45, 2.75) is 6.04 Å². The molecule has 0 aromatic carbocycles. The Morgan fingerprint density at radius 2 is 2.64 bits per heavy atom. The molecule has 0 saturated carbocycles. The van der Waals surface area contributed by atoms with Gasteiger partial charge in [0.05, 0.1) is 12.6 Å². The van der Waals surface area contributed by atoms with Crippen LogP contribution in [0.1, 0.15) is 0 Å². The molecule has 1 fully saturated rings. The minimum absolute atomic E-state index is 0.0787. The molecular weight excluding hydrogens is 144 g/mol. The van der Waals surface area contributed by atoms with Crippen molar-refractivity contribution in [3.8, 4) is 0 Å². The highest BCUT2D eigenvalue weighted by Gasteiger charge is 2.26. The van der Waals surface area contributed by atoms with Gasteiger partial charge in [-0.2, -0.15) is 0 Å². The van der Waals surface area contributed by atoms with E-state index in [2.05, 4.69) is 6.58 Å². The average molecular weight is 156 g/mol. The SMILES string of the molecule is C=CC(CN)N1CCOC1=O. The minimum atomic E-state index is -0.291. The van der Waals surface area contributed by atoms with Gasteiger partial charge in [-0.25, -0.2) is 4.79 Å². The van der Waals surface area contributed by atoms with E-state index in [1.807, 2.05) is 0 Å². The van der Waals surface area contributed by atoms with Gasteiger partial charge in [-0.1, -0.05) is 6.08 Å². The van der Waals surface area contributed by atoms with Crippen LogP contribution in [0, 0.1) is 0 Å². The summed E-state index contributed by atoms with van der Waals surface area (Å²) >= 11 is 0. The largest absolute Gasteiger partial charge is 0.448 e. The highest BCUT2D eigenvalue weighted by molar-refractivity contribution is 5.70. The summed E-state index contributed by atoms with van der Waals surface area (Å²) in [5, 5.41) is 0. The fourth-order valence-electron chi connectivity index (χ4n) is 1.06. The standard InChI is InChI=1S/C7H12N2O2/c1-2-6(5-8)9-3-4-11-7(9)10/h2,6H,1,3-5,8H2. The van der Waals surface area contributed by atoms with Gasteiger partial charge in [-0.05, 0) is 0 Å². The molecule has 11 heavy (non-hydrogen) atoms. The summed E-state index contributed by atoms with van der Waals surface area (Å²) in [4.78, 5) is 12.5. The molecule has 0 aromatic heterocycles. The van der Waals surface area contributed by atoms with Crippen molar-refractivity contribution in [1.82, 2.24) is 4.90 Å². The maximum Gasteiger partial charge on any atom is 0.410 e. The van der Waals surface area contributed by atoms with Gasteiger partial charge in [0.1, 0.15) is 6.61 Å². The molecular formula is C7H12N2O2. The van der Waals surface area contributed by atoms with E-state index in [4.69, 9.17) is 10.5 Å². The van der Waals surface area contributed by atoms with Crippen molar-refractivity contribution in [3.05, 3.63) is 12.7 Å². The first kappa shape index (κ1) is 8.07. The Balaban J connectivity index is 2.56. The van der Waals surface area contributed by atoms with Crippen LogP contribution in [-0.2, 0) is 4.74 Å². The maximum absolute atomic E-state index is 10.9. The van der Waals surface area contributed by atoms with Crippen molar-refractivity contribution >= 4 is 6.09 Å². The van der Waals surface area contributed by atoms with Crippen molar-refractivity contribution < 1.29 is 9.53 Å². The zero-order valence-electron chi connectivity index (χ0n) is 6.32. The summed E-state index contributed by atoms with van der Waals surface area (Å²) in [6.45, 7) is 5.06. The molecule has 1 saturated heterocycles. The fraction of sp³-hybridized carbons (Fsp3) is 0.571. The molecule has 4 nitrogen and oxygen atoms in total. The van der Waals surface area contributed by atoms with E-state index in [0.29, 0.717) is 19.7 Å². The zero-order valence-corrected chi connectivity index (χ0v) is 6.32. The molecule has 1 unspecified atom stereocenters. The number of amides is 1. The number of nitrogens with zero attached hydrogens (tertiary/aromatic N) is 1. The molecule has 0 bridgehead atoms. The van der Waals surface area contributed by atoms with Crippen LogP contribution >= 0.6 is 0 Å². The van der Waals surface area contributed by atoms with Crippen LogP contribution in [0.4, 0.5) is 4.79 Å². The Labute approximate surface area is 65.6 Å². The molecule has 2 N–H and O–H groups in total. The van der Waals surface area contributed by atoms with Gasteiger partial charge < -0.3 is 10.5 Å². The second-order valence-corrected chi connectivity index (χ2v) is 2.35. The zero-order chi connectivity index (χ0) is 8.27. The lowest BCUT2D eigenvalue weighted by Gasteiger charge is -2.19. The van der Waals surface area contributed by atoms with Crippen LogP contribution in [-0.4, -0.2) is 36.7 Å². The van der Waals surface area contributed by atoms with E-state index in [9.17, 15) is 4.79 Å². The van der Waals surface area contributed by atoms with Crippen molar-refractivity contribution in [3.63, 3.8) is 0 Å². The normalized spacial score (nSPS) is 19.7. The summed E-state index contributed by atoms with van der Waals surface area (Å²) in [5.74, 6) is 0. The molecule has 1 atom stereocenters. The molecule has 1 rings (SSSR count). The maximum atomic E-state index is 10.9. The number of rotatable bonds is 3. The van der Waals surface area contributed by atoms with Crippen LogP contribution in [0.5, 0.6) is 0 Å². The quantitative estimate of drug-likeness (QED) is 0.583. The van der Waals surface area contributed by atoms with E-state index >= 15 is 0 Å². The monoisotopic (exact) mass is 156 g/mol. The van der Waals surface area contributed by atoms with Crippen LogP contribution in [0.2, 0.25) is 0 Å². The highest BCUT2D eigenvalue weighted by Crippen LogP contribution is 2.08. The molecule has 62 valence electrons. The Morgan fingerprint density at radius 1 is 1.91 bits per heavy atom. The van der Waals surface area contributed by atoms with Gasteiger partial charge in [0.15, 0.2) is 0 Å². The van der Waals surface area contributed by atoms with Gasteiger partial charge in [0.25, 0.3) is 0 Å².